The Balaban J connectivity index is 2.72. The number of rotatable bonds is 7. The third-order valence-electron chi connectivity index (χ3n) is 3.03. The zero-order chi connectivity index (χ0) is 14.5. The van der Waals surface area contributed by atoms with Crippen molar-refractivity contribution >= 4 is 10.0 Å². The lowest BCUT2D eigenvalue weighted by molar-refractivity contribution is 0.407. The summed E-state index contributed by atoms with van der Waals surface area (Å²) in [6, 6.07) is 6.01. The second kappa shape index (κ2) is 6.91. The minimum Gasteiger partial charge on any atom is -0.496 e. The van der Waals surface area contributed by atoms with Gasteiger partial charge in [-0.1, -0.05) is 26.0 Å². The summed E-state index contributed by atoms with van der Waals surface area (Å²) in [4.78, 5) is 0. The SMILES string of the molecule is CCS(=O)(=O)NCCc1ccc(OC)c(C(C)C)c1. The highest BCUT2D eigenvalue weighted by atomic mass is 32.2. The first-order valence-electron chi connectivity index (χ1n) is 6.53. The lowest BCUT2D eigenvalue weighted by Crippen LogP contribution is -2.27. The van der Waals surface area contributed by atoms with Crippen molar-refractivity contribution in [3.63, 3.8) is 0 Å². The van der Waals surface area contributed by atoms with Gasteiger partial charge in [0.15, 0.2) is 0 Å². The van der Waals surface area contributed by atoms with E-state index in [-0.39, 0.29) is 5.75 Å². The van der Waals surface area contributed by atoms with Crippen LogP contribution in [0.4, 0.5) is 0 Å². The number of hydrogen-bond donors (Lipinski definition) is 1. The molecule has 1 aromatic rings. The summed E-state index contributed by atoms with van der Waals surface area (Å²) in [5.41, 5.74) is 2.27. The molecule has 108 valence electrons. The van der Waals surface area contributed by atoms with Gasteiger partial charge in [0, 0.05) is 6.54 Å². The highest BCUT2D eigenvalue weighted by Crippen LogP contribution is 2.27. The Morgan fingerprint density at radius 2 is 2.00 bits per heavy atom. The van der Waals surface area contributed by atoms with E-state index in [1.807, 2.05) is 12.1 Å². The predicted octanol–water partition coefficient (Wildman–Crippen LogP) is 2.30. The summed E-state index contributed by atoms with van der Waals surface area (Å²) in [7, 11) is -1.44. The maximum atomic E-state index is 11.3. The maximum absolute atomic E-state index is 11.3. The summed E-state index contributed by atoms with van der Waals surface area (Å²) in [5.74, 6) is 1.38. The van der Waals surface area contributed by atoms with Crippen LogP contribution >= 0.6 is 0 Å². The highest BCUT2D eigenvalue weighted by Gasteiger charge is 2.09. The molecule has 0 saturated carbocycles. The standard InChI is InChI=1S/C14H23NO3S/c1-5-19(16,17)15-9-8-12-6-7-14(18-4)13(10-12)11(2)3/h6-7,10-11,15H,5,8-9H2,1-4H3. The van der Waals surface area contributed by atoms with Crippen molar-refractivity contribution in [2.45, 2.75) is 33.1 Å². The fourth-order valence-electron chi connectivity index (χ4n) is 1.84. The Bertz CT molecular complexity index is 509. The number of methoxy groups -OCH3 is 1. The van der Waals surface area contributed by atoms with Gasteiger partial charge in [0.25, 0.3) is 0 Å². The summed E-state index contributed by atoms with van der Waals surface area (Å²) in [6.45, 7) is 6.29. The van der Waals surface area contributed by atoms with Crippen LogP contribution in [0.25, 0.3) is 0 Å². The molecule has 1 rings (SSSR count). The van der Waals surface area contributed by atoms with Gasteiger partial charge in [-0.2, -0.15) is 0 Å². The van der Waals surface area contributed by atoms with E-state index < -0.39 is 10.0 Å². The van der Waals surface area contributed by atoms with E-state index in [1.165, 1.54) is 0 Å². The molecule has 0 fully saturated rings. The second-order valence-electron chi connectivity index (χ2n) is 4.78. The first-order valence-corrected chi connectivity index (χ1v) is 8.19. The molecule has 0 aliphatic carbocycles. The molecule has 0 aliphatic heterocycles. The molecule has 19 heavy (non-hydrogen) atoms. The van der Waals surface area contributed by atoms with E-state index in [0.29, 0.717) is 18.9 Å². The largest absolute Gasteiger partial charge is 0.496 e. The highest BCUT2D eigenvalue weighted by molar-refractivity contribution is 7.89. The zero-order valence-corrected chi connectivity index (χ0v) is 12.9. The van der Waals surface area contributed by atoms with Gasteiger partial charge < -0.3 is 4.74 Å². The van der Waals surface area contributed by atoms with Gasteiger partial charge in [-0.3, -0.25) is 0 Å². The lowest BCUT2D eigenvalue weighted by atomic mass is 9.98. The smallest absolute Gasteiger partial charge is 0.211 e. The van der Waals surface area contributed by atoms with Crippen LogP contribution in [-0.4, -0.2) is 27.8 Å². The van der Waals surface area contributed by atoms with Crippen molar-refractivity contribution in [1.82, 2.24) is 4.72 Å². The normalized spacial score (nSPS) is 11.8. The molecule has 1 N–H and O–H groups in total. The van der Waals surface area contributed by atoms with E-state index >= 15 is 0 Å². The molecule has 0 amide bonds. The van der Waals surface area contributed by atoms with Gasteiger partial charge in [0.1, 0.15) is 5.75 Å². The molecule has 0 atom stereocenters. The molecular weight excluding hydrogens is 262 g/mol. The van der Waals surface area contributed by atoms with Crippen molar-refractivity contribution < 1.29 is 13.2 Å². The molecule has 0 bridgehead atoms. The monoisotopic (exact) mass is 285 g/mol. The Kier molecular flexibility index (Phi) is 5.82. The minimum atomic E-state index is -3.10. The summed E-state index contributed by atoms with van der Waals surface area (Å²) in [6.07, 6.45) is 0.683. The number of nitrogens with one attached hydrogen (secondary N) is 1. The Morgan fingerprint density at radius 1 is 1.32 bits per heavy atom. The fourth-order valence-corrected chi connectivity index (χ4v) is 2.46. The molecule has 0 radical (unpaired) electrons. The number of ether oxygens (including phenoxy) is 1. The average molecular weight is 285 g/mol. The molecular formula is C14H23NO3S. The topological polar surface area (TPSA) is 55.4 Å². The predicted molar refractivity (Wildman–Crippen MR) is 78.3 cm³/mol. The average Bonchev–Trinajstić information content (AvgIpc) is 2.38. The fraction of sp³-hybridized carbons (Fsp3) is 0.571. The van der Waals surface area contributed by atoms with Gasteiger partial charge in [0.2, 0.25) is 10.0 Å². The van der Waals surface area contributed by atoms with Crippen LogP contribution in [0.2, 0.25) is 0 Å². The summed E-state index contributed by atoms with van der Waals surface area (Å²) >= 11 is 0. The Morgan fingerprint density at radius 3 is 2.53 bits per heavy atom. The Labute approximate surface area is 116 Å². The Hall–Kier alpha value is -1.07. The van der Waals surface area contributed by atoms with Crippen LogP contribution in [0.3, 0.4) is 0 Å². The minimum absolute atomic E-state index is 0.118. The van der Waals surface area contributed by atoms with Gasteiger partial charge in [-0.25, -0.2) is 13.1 Å². The first-order chi connectivity index (χ1) is 8.89. The van der Waals surface area contributed by atoms with Crippen molar-refractivity contribution in [1.29, 1.82) is 0 Å². The molecule has 0 unspecified atom stereocenters. The van der Waals surface area contributed by atoms with Crippen molar-refractivity contribution in [3.05, 3.63) is 29.3 Å². The van der Waals surface area contributed by atoms with Crippen molar-refractivity contribution in [2.75, 3.05) is 19.4 Å². The summed E-state index contributed by atoms with van der Waals surface area (Å²) < 4.78 is 30.6. The maximum Gasteiger partial charge on any atom is 0.211 e. The van der Waals surface area contributed by atoms with E-state index in [4.69, 9.17) is 4.74 Å². The van der Waals surface area contributed by atoms with Crippen LogP contribution in [0.1, 0.15) is 37.8 Å². The van der Waals surface area contributed by atoms with E-state index in [1.54, 1.807) is 14.0 Å². The number of hydrogen-bond acceptors (Lipinski definition) is 3. The van der Waals surface area contributed by atoms with Gasteiger partial charge in [-0.05, 0) is 36.5 Å². The van der Waals surface area contributed by atoms with Crippen LogP contribution in [-0.2, 0) is 16.4 Å². The second-order valence-corrected chi connectivity index (χ2v) is 6.87. The summed E-state index contributed by atoms with van der Waals surface area (Å²) in [5, 5.41) is 0. The molecule has 1 aromatic carbocycles. The van der Waals surface area contributed by atoms with Gasteiger partial charge in [-0.15, -0.1) is 0 Å². The van der Waals surface area contributed by atoms with Crippen molar-refractivity contribution in [2.24, 2.45) is 0 Å². The quantitative estimate of drug-likeness (QED) is 0.836. The molecule has 0 spiro atoms. The number of benzene rings is 1. The molecule has 0 heterocycles. The number of sulfonamides is 1. The third kappa shape index (κ3) is 4.84. The van der Waals surface area contributed by atoms with Crippen LogP contribution < -0.4 is 9.46 Å². The van der Waals surface area contributed by atoms with E-state index in [2.05, 4.69) is 24.6 Å². The van der Waals surface area contributed by atoms with E-state index in [0.717, 1.165) is 16.9 Å². The van der Waals surface area contributed by atoms with Gasteiger partial charge in [0.05, 0.1) is 12.9 Å². The molecule has 5 heteroatoms. The first kappa shape index (κ1) is 16.0. The zero-order valence-electron chi connectivity index (χ0n) is 12.1. The molecule has 0 saturated heterocycles. The van der Waals surface area contributed by atoms with E-state index in [9.17, 15) is 8.42 Å². The third-order valence-corrected chi connectivity index (χ3v) is 4.44. The molecule has 0 aliphatic rings. The lowest BCUT2D eigenvalue weighted by Gasteiger charge is -2.13. The molecule has 4 nitrogen and oxygen atoms in total. The molecule has 0 aromatic heterocycles. The van der Waals surface area contributed by atoms with Crippen molar-refractivity contribution in [3.8, 4) is 5.75 Å². The van der Waals surface area contributed by atoms with Crippen LogP contribution in [0.5, 0.6) is 5.75 Å². The van der Waals surface area contributed by atoms with Crippen LogP contribution in [0, 0.1) is 0 Å². The van der Waals surface area contributed by atoms with Crippen LogP contribution in [0.15, 0.2) is 18.2 Å². The van der Waals surface area contributed by atoms with Gasteiger partial charge >= 0.3 is 0 Å².